The van der Waals surface area contributed by atoms with Gasteiger partial charge in [0, 0.05) is 24.3 Å². The lowest BCUT2D eigenvalue weighted by Gasteiger charge is -2.16. The number of hydrogen-bond donors (Lipinski definition) is 2. The molecule has 2 aromatic carbocycles. The standard InChI is InChI=1S/C17H16ClN5O/c1-23(11-12-6-3-2-4-7-12)17(24)15-16(21-22-20-15)19-14-9-5-8-13(18)10-14/h2-10H,11H2,1H3,(H2,19,20,21,22). The molecule has 3 rings (SSSR count). The van der Waals surface area contributed by atoms with Crippen LogP contribution in [0.15, 0.2) is 54.6 Å². The normalized spacial score (nSPS) is 10.4. The summed E-state index contributed by atoms with van der Waals surface area (Å²) < 4.78 is 0. The molecule has 0 bridgehead atoms. The minimum atomic E-state index is -0.225. The highest BCUT2D eigenvalue weighted by Gasteiger charge is 2.20. The SMILES string of the molecule is CN(Cc1ccccc1)C(=O)c1n[nH]nc1Nc1cccc(Cl)c1. The van der Waals surface area contributed by atoms with Crippen LogP contribution in [0.3, 0.4) is 0 Å². The Morgan fingerprint density at radius 3 is 2.71 bits per heavy atom. The number of aromatic amines is 1. The van der Waals surface area contributed by atoms with Gasteiger partial charge in [-0.15, -0.1) is 10.2 Å². The van der Waals surface area contributed by atoms with Crippen LogP contribution in [0.4, 0.5) is 11.5 Å². The molecule has 122 valence electrons. The number of carbonyl (C=O) groups excluding carboxylic acids is 1. The van der Waals surface area contributed by atoms with E-state index >= 15 is 0 Å². The number of nitrogens with one attached hydrogen (secondary N) is 2. The van der Waals surface area contributed by atoms with Crippen molar-refractivity contribution >= 4 is 29.0 Å². The molecule has 0 saturated heterocycles. The molecule has 0 aliphatic heterocycles. The molecule has 1 amide bonds. The van der Waals surface area contributed by atoms with Crippen molar-refractivity contribution in [3.05, 3.63) is 70.9 Å². The van der Waals surface area contributed by atoms with Crippen LogP contribution >= 0.6 is 11.6 Å². The summed E-state index contributed by atoms with van der Waals surface area (Å²) in [5, 5.41) is 14.1. The molecule has 24 heavy (non-hydrogen) atoms. The van der Waals surface area contributed by atoms with Gasteiger partial charge in [-0.05, 0) is 23.8 Å². The van der Waals surface area contributed by atoms with Crippen LogP contribution < -0.4 is 5.32 Å². The van der Waals surface area contributed by atoms with E-state index in [1.807, 2.05) is 42.5 Å². The third-order valence-electron chi connectivity index (χ3n) is 3.45. The molecule has 6 nitrogen and oxygen atoms in total. The van der Waals surface area contributed by atoms with Crippen LogP contribution in [0.5, 0.6) is 0 Å². The Bertz CT molecular complexity index is 834. The number of hydrogen-bond acceptors (Lipinski definition) is 4. The van der Waals surface area contributed by atoms with Crippen LogP contribution in [0.1, 0.15) is 16.1 Å². The fourth-order valence-electron chi connectivity index (χ4n) is 2.28. The molecule has 0 spiro atoms. The lowest BCUT2D eigenvalue weighted by molar-refractivity contribution is 0.0780. The van der Waals surface area contributed by atoms with Gasteiger partial charge in [0.15, 0.2) is 11.5 Å². The third kappa shape index (κ3) is 3.72. The summed E-state index contributed by atoms with van der Waals surface area (Å²) in [6.07, 6.45) is 0. The van der Waals surface area contributed by atoms with E-state index in [0.29, 0.717) is 17.4 Å². The Balaban J connectivity index is 1.75. The highest BCUT2D eigenvalue weighted by atomic mass is 35.5. The van der Waals surface area contributed by atoms with Crippen LogP contribution in [-0.2, 0) is 6.54 Å². The van der Waals surface area contributed by atoms with Gasteiger partial charge in [0.1, 0.15) is 0 Å². The number of H-pyrrole nitrogens is 1. The molecule has 3 aromatic rings. The quantitative estimate of drug-likeness (QED) is 0.745. The molecule has 0 radical (unpaired) electrons. The predicted octanol–water partition coefficient (Wildman–Crippen LogP) is 3.47. The zero-order valence-electron chi connectivity index (χ0n) is 13.0. The second-order valence-electron chi connectivity index (χ2n) is 5.30. The fourth-order valence-corrected chi connectivity index (χ4v) is 2.47. The zero-order valence-corrected chi connectivity index (χ0v) is 13.8. The number of amides is 1. The summed E-state index contributed by atoms with van der Waals surface area (Å²) in [7, 11) is 1.73. The lowest BCUT2D eigenvalue weighted by Crippen LogP contribution is -2.27. The van der Waals surface area contributed by atoms with Crippen LogP contribution in [-0.4, -0.2) is 33.3 Å². The number of aromatic nitrogens is 3. The first-order chi connectivity index (χ1) is 11.6. The monoisotopic (exact) mass is 341 g/mol. The van der Waals surface area contributed by atoms with Gasteiger partial charge < -0.3 is 10.2 Å². The largest absolute Gasteiger partial charge is 0.337 e. The molecule has 2 N–H and O–H groups in total. The number of carbonyl (C=O) groups is 1. The van der Waals surface area contributed by atoms with Crippen LogP contribution in [0.2, 0.25) is 5.02 Å². The molecule has 0 aliphatic rings. The lowest BCUT2D eigenvalue weighted by atomic mass is 10.2. The van der Waals surface area contributed by atoms with Crippen molar-refractivity contribution in [2.75, 3.05) is 12.4 Å². The first-order valence-electron chi connectivity index (χ1n) is 7.36. The highest BCUT2D eigenvalue weighted by Crippen LogP contribution is 2.21. The van der Waals surface area contributed by atoms with E-state index in [2.05, 4.69) is 20.7 Å². The second kappa shape index (κ2) is 7.14. The molecule has 1 heterocycles. The summed E-state index contributed by atoms with van der Waals surface area (Å²) in [6, 6.07) is 16.9. The molecule has 0 fully saturated rings. The average molecular weight is 342 g/mol. The highest BCUT2D eigenvalue weighted by molar-refractivity contribution is 6.30. The smallest absolute Gasteiger partial charge is 0.278 e. The fraction of sp³-hybridized carbons (Fsp3) is 0.118. The van der Waals surface area contributed by atoms with Gasteiger partial charge in [0.05, 0.1) is 0 Å². The molecule has 0 saturated carbocycles. The molecular weight excluding hydrogens is 326 g/mol. The molecule has 0 aliphatic carbocycles. The number of halogens is 1. The van der Waals surface area contributed by atoms with E-state index in [1.54, 1.807) is 24.1 Å². The van der Waals surface area contributed by atoms with Crippen molar-refractivity contribution in [1.29, 1.82) is 0 Å². The first-order valence-corrected chi connectivity index (χ1v) is 7.74. The van der Waals surface area contributed by atoms with Gasteiger partial charge in [-0.1, -0.05) is 48.0 Å². The van der Waals surface area contributed by atoms with Gasteiger partial charge >= 0.3 is 0 Å². The Labute approximate surface area is 144 Å². The Morgan fingerprint density at radius 1 is 1.17 bits per heavy atom. The Kier molecular flexibility index (Phi) is 4.77. The van der Waals surface area contributed by atoms with E-state index < -0.39 is 0 Å². The van der Waals surface area contributed by atoms with E-state index in [1.165, 1.54) is 0 Å². The summed E-state index contributed by atoms with van der Waals surface area (Å²) in [5.74, 6) is 0.138. The van der Waals surface area contributed by atoms with Crippen molar-refractivity contribution in [3.63, 3.8) is 0 Å². The molecular formula is C17H16ClN5O. The maximum Gasteiger partial charge on any atom is 0.278 e. The number of anilines is 2. The van der Waals surface area contributed by atoms with Gasteiger partial charge in [-0.3, -0.25) is 4.79 Å². The van der Waals surface area contributed by atoms with Gasteiger partial charge in [0.2, 0.25) is 0 Å². The third-order valence-corrected chi connectivity index (χ3v) is 3.68. The van der Waals surface area contributed by atoms with Crippen molar-refractivity contribution in [1.82, 2.24) is 20.3 Å². The minimum absolute atomic E-state index is 0.225. The van der Waals surface area contributed by atoms with Gasteiger partial charge in [0.25, 0.3) is 5.91 Å². The first kappa shape index (κ1) is 16.0. The minimum Gasteiger partial charge on any atom is -0.337 e. The molecule has 0 unspecified atom stereocenters. The van der Waals surface area contributed by atoms with Gasteiger partial charge in [-0.25, -0.2) is 0 Å². The summed E-state index contributed by atoms with van der Waals surface area (Å²) >= 11 is 5.97. The molecule has 0 atom stereocenters. The van der Waals surface area contributed by atoms with Crippen LogP contribution in [0.25, 0.3) is 0 Å². The number of rotatable bonds is 5. The maximum atomic E-state index is 12.6. The van der Waals surface area contributed by atoms with Crippen molar-refractivity contribution in [2.24, 2.45) is 0 Å². The van der Waals surface area contributed by atoms with E-state index in [-0.39, 0.29) is 11.6 Å². The van der Waals surface area contributed by atoms with Gasteiger partial charge in [-0.2, -0.15) is 5.21 Å². The van der Waals surface area contributed by atoms with Crippen molar-refractivity contribution < 1.29 is 4.79 Å². The summed E-state index contributed by atoms with van der Waals surface area (Å²) in [4.78, 5) is 14.2. The second-order valence-corrected chi connectivity index (χ2v) is 5.74. The van der Waals surface area contributed by atoms with Crippen molar-refractivity contribution in [2.45, 2.75) is 6.54 Å². The zero-order chi connectivity index (χ0) is 16.9. The molecule has 7 heteroatoms. The summed E-state index contributed by atoms with van der Waals surface area (Å²) in [5.41, 5.74) is 2.01. The topological polar surface area (TPSA) is 73.9 Å². The average Bonchev–Trinajstić information content (AvgIpc) is 3.03. The van der Waals surface area contributed by atoms with Crippen molar-refractivity contribution in [3.8, 4) is 0 Å². The predicted molar refractivity (Wildman–Crippen MR) is 93.4 cm³/mol. The van der Waals surface area contributed by atoms with E-state index in [4.69, 9.17) is 11.6 Å². The molecule has 1 aromatic heterocycles. The maximum absolute atomic E-state index is 12.6. The van der Waals surface area contributed by atoms with E-state index in [9.17, 15) is 4.79 Å². The van der Waals surface area contributed by atoms with Crippen LogP contribution in [0, 0.1) is 0 Å². The number of benzene rings is 2. The number of nitrogens with zero attached hydrogens (tertiary/aromatic N) is 3. The van der Waals surface area contributed by atoms with E-state index in [0.717, 1.165) is 11.3 Å². The Hall–Kier alpha value is -2.86. The Morgan fingerprint density at radius 2 is 1.96 bits per heavy atom. The summed E-state index contributed by atoms with van der Waals surface area (Å²) in [6.45, 7) is 0.489.